The Morgan fingerprint density at radius 3 is 2.57 bits per heavy atom. The van der Waals surface area contributed by atoms with E-state index in [2.05, 4.69) is 39.6 Å². The van der Waals surface area contributed by atoms with E-state index in [0.29, 0.717) is 0 Å². The molecule has 1 fully saturated rings. The summed E-state index contributed by atoms with van der Waals surface area (Å²) in [5, 5.41) is 7.33. The second-order valence-electron chi connectivity index (χ2n) is 6.33. The standard InChI is InChI=1S/C18H24N4O/c1-13(20-18(23)17-5-4-12-21(17)2)14-6-8-15(9-7-14)16-10-11-19-22(16)3/h6-11,13,17H,4-5,12H2,1-3H3,(H,20,23). The Labute approximate surface area is 137 Å². The molecule has 2 aromatic rings. The molecule has 2 atom stereocenters. The maximum atomic E-state index is 12.4. The van der Waals surface area contributed by atoms with E-state index >= 15 is 0 Å². The van der Waals surface area contributed by atoms with E-state index in [4.69, 9.17) is 0 Å². The first-order valence-corrected chi connectivity index (χ1v) is 8.15. The monoisotopic (exact) mass is 312 g/mol. The molecular weight excluding hydrogens is 288 g/mol. The van der Waals surface area contributed by atoms with Crippen molar-refractivity contribution in [2.75, 3.05) is 13.6 Å². The van der Waals surface area contributed by atoms with Crippen LogP contribution in [0.1, 0.15) is 31.4 Å². The lowest BCUT2D eigenvalue weighted by molar-refractivity contribution is -0.125. The fourth-order valence-corrected chi connectivity index (χ4v) is 3.23. The molecule has 1 saturated heterocycles. The van der Waals surface area contributed by atoms with Crippen molar-refractivity contribution in [1.29, 1.82) is 0 Å². The largest absolute Gasteiger partial charge is 0.348 e. The van der Waals surface area contributed by atoms with Gasteiger partial charge >= 0.3 is 0 Å². The SMILES string of the molecule is CC(NC(=O)C1CCCN1C)c1ccc(-c2ccnn2C)cc1. The number of aryl methyl sites for hydroxylation is 1. The van der Waals surface area contributed by atoms with Crippen LogP contribution in [0.15, 0.2) is 36.5 Å². The average Bonchev–Trinajstić information content (AvgIpc) is 3.15. The van der Waals surface area contributed by atoms with Crippen molar-refractivity contribution in [2.45, 2.75) is 31.8 Å². The Kier molecular flexibility index (Phi) is 4.48. The van der Waals surface area contributed by atoms with Crippen molar-refractivity contribution in [1.82, 2.24) is 20.0 Å². The molecule has 1 amide bonds. The minimum atomic E-state index is 0.0112. The summed E-state index contributed by atoms with van der Waals surface area (Å²) in [6.45, 7) is 3.04. The zero-order valence-corrected chi connectivity index (χ0v) is 14.0. The van der Waals surface area contributed by atoms with Gasteiger partial charge in [-0.05, 0) is 50.6 Å². The summed E-state index contributed by atoms with van der Waals surface area (Å²) >= 11 is 0. The van der Waals surface area contributed by atoms with Crippen molar-refractivity contribution in [3.05, 3.63) is 42.1 Å². The van der Waals surface area contributed by atoms with Gasteiger partial charge in [0.25, 0.3) is 0 Å². The van der Waals surface area contributed by atoms with Gasteiger partial charge in [0, 0.05) is 13.2 Å². The number of aromatic nitrogens is 2. The summed E-state index contributed by atoms with van der Waals surface area (Å²) in [4.78, 5) is 14.5. The van der Waals surface area contributed by atoms with Crippen molar-refractivity contribution < 1.29 is 4.79 Å². The second kappa shape index (κ2) is 6.54. The van der Waals surface area contributed by atoms with Crippen LogP contribution in [0.25, 0.3) is 11.3 Å². The average molecular weight is 312 g/mol. The number of hydrogen-bond donors (Lipinski definition) is 1. The molecule has 0 spiro atoms. The molecule has 1 aromatic carbocycles. The van der Waals surface area contributed by atoms with E-state index in [1.54, 1.807) is 6.20 Å². The first-order chi connectivity index (χ1) is 11.1. The quantitative estimate of drug-likeness (QED) is 0.943. The third kappa shape index (κ3) is 3.29. The van der Waals surface area contributed by atoms with Crippen LogP contribution < -0.4 is 5.32 Å². The van der Waals surface area contributed by atoms with Gasteiger partial charge in [-0.1, -0.05) is 24.3 Å². The van der Waals surface area contributed by atoms with Crippen LogP contribution in [-0.2, 0) is 11.8 Å². The van der Waals surface area contributed by atoms with E-state index < -0.39 is 0 Å². The molecule has 1 aliphatic heterocycles. The molecule has 5 nitrogen and oxygen atoms in total. The molecule has 0 aliphatic carbocycles. The summed E-state index contributed by atoms with van der Waals surface area (Å²) in [5.74, 6) is 0.133. The Hall–Kier alpha value is -2.14. The van der Waals surface area contributed by atoms with Gasteiger partial charge in [0.15, 0.2) is 0 Å². The Bertz CT molecular complexity index is 677. The van der Waals surface area contributed by atoms with Gasteiger partial charge in [0.05, 0.1) is 17.8 Å². The number of hydrogen-bond acceptors (Lipinski definition) is 3. The van der Waals surface area contributed by atoms with E-state index in [1.165, 1.54) is 0 Å². The fraction of sp³-hybridized carbons (Fsp3) is 0.444. The lowest BCUT2D eigenvalue weighted by Gasteiger charge is -2.22. The minimum Gasteiger partial charge on any atom is -0.348 e. The van der Waals surface area contributed by atoms with Gasteiger partial charge in [-0.15, -0.1) is 0 Å². The van der Waals surface area contributed by atoms with Crippen molar-refractivity contribution in [3.8, 4) is 11.3 Å². The molecule has 1 aromatic heterocycles. The summed E-state index contributed by atoms with van der Waals surface area (Å²) < 4.78 is 1.86. The van der Waals surface area contributed by atoms with Crippen LogP contribution in [-0.4, -0.2) is 40.2 Å². The second-order valence-corrected chi connectivity index (χ2v) is 6.33. The fourth-order valence-electron chi connectivity index (χ4n) is 3.23. The summed E-state index contributed by atoms with van der Waals surface area (Å²) in [6.07, 6.45) is 3.85. The van der Waals surface area contributed by atoms with Gasteiger partial charge < -0.3 is 5.32 Å². The highest BCUT2D eigenvalue weighted by Crippen LogP contribution is 2.22. The highest BCUT2D eigenvalue weighted by molar-refractivity contribution is 5.82. The first-order valence-electron chi connectivity index (χ1n) is 8.15. The number of nitrogens with one attached hydrogen (secondary N) is 1. The summed E-state index contributed by atoms with van der Waals surface area (Å²) in [7, 11) is 3.95. The topological polar surface area (TPSA) is 50.2 Å². The highest BCUT2D eigenvalue weighted by Gasteiger charge is 2.28. The Morgan fingerprint density at radius 2 is 2.00 bits per heavy atom. The predicted molar refractivity (Wildman–Crippen MR) is 90.9 cm³/mol. The van der Waals surface area contributed by atoms with Crippen LogP contribution in [0.4, 0.5) is 0 Å². The molecule has 0 radical (unpaired) electrons. The molecule has 23 heavy (non-hydrogen) atoms. The lowest BCUT2D eigenvalue weighted by atomic mass is 10.0. The number of likely N-dealkylation sites (tertiary alicyclic amines) is 1. The molecule has 5 heteroatoms. The molecule has 2 unspecified atom stereocenters. The van der Waals surface area contributed by atoms with Crippen molar-refractivity contribution in [3.63, 3.8) is 0 Å². The van der Waals surface area contributed by atoms with E-state index in [9.17, 15) is 4.79 Å². The van der Waals surface area contributed by atoms with Gasteiger partial charge in [0.2, 0.25) is 5.91 Å². The smallest absolute Gasteiger partial charge is 0.237 e. The maximum Gasteiger partial charge on any atom is 0.237 e. The van der Waals surface area contributed by atoms with E-state index in [-0.39, 0.29) is 18.0 Å². The molecule has 122 valence electrons. The van der Waals surface area contributed by atoms with Crippen LogP contribution in [0.2, 0.25) is 0 Å². The molecule has 2 heterocycles. The number of amides is 1. The summed E-state index contributed by atoms with van der Waals surface area (Å²) in [6, 6.07) is 10.3. The van der Waals surface area contributed by atoms with Gasteiger partial charge in [-0.3, -0.25) is 14.4 Å². The molecule has 1 aliphatic rings. The number of benzene rings is 1. The molecule has 3 rings (SSSR count). The number of likely N-dealkylation sites (N-methyl/N-ethyl adjacent to an activating group) is 1. The predicted octanol–water partition coefficient (Wildman–Crippen LogP) is 2.36. The minimum absolute atomic E-state index is 0.0112. The first kappa shape index (κ1) is 15.7. The zero-order chi connectivity index (χ0) is 16.4. The Balaban J connectivity index is 1.67. The molecule has 0 bridgehead atoms. The number of nitrogens with zero attached hydrogens (tertiary/aromatic N) is 3. The number of rotatable bonds is 4. The van der Waals surface area contributed by atoms with Gasteiger partial charge in [0.1, 0.15) is 0 Å². The van der Waals surface area contributed by atoms with Crippen LogP contribution in [0.3, 0.4) is 0 Å². The zero-order valence-electron chi connectivity index (χ0n) is 14.0. The van der Waals surface area contributed by atoms with E-state index in [0.717, 1.165) is 36.2 Å². The third-order valence-electron chi connectivity index (χ3n) is 4.71. The normalized spacial score (nSPS) is 19.7. The van der Waals surface area contributed by atoms with Crippen molar-refractivity contribution in [2.24, 2.45) is 7.05 Å². The van der Waals surface area contributed by atoms with Gasteiger partial charge in [-0.25, -0.2) is 0 Å². The van der Waals surface area contributed by atoms with Crippen LogP contribution in [0.5, 0.6) is 0 Å². The third-order valence-corrected chi connectivity index (χ3v) is 4.71. The number of carbonyl (C=O) groups is 1. The summed E-state index contributed by atoms with van der Waals surface area (Å²) in [5.41, 5.74) is 3.33. The maximum absolute atomic E-state index is 12.4. The van der Waals surface area contributed by atoms with Crippen LogP contribution >= 0.6 is 0 Å². The highest BCUT2D eigenvalue weighted by atomic mass is 16.2. The molecule has 0 saturated carbocycles. The Morgan fingerprint density at radius 1 is 1.26 bits per heavy atom. The van der Waals surface area contributed by atoms with Gasteiger partial charge in [-0.2, -0.15) is 5.10 Å². The van der Waals surface area contributed by atoms with Crippen molar-refractivity contribution >= 4 is 5.91 Å². The number of carbonyl (C=O) groups excluding carboxylic acids is 1. The molecule has 1 N–H and O–H groups in total. The lowest BCUT2D eigenvalue weighted by Crippen LogP contribution is -2.42. The molecular formula is C18H24N4O. The van der Waals surface area contributed by atoms with Crippen LogP contribution in [0, 0.1) is 0 Å². The van der Waals surface area contributed by atoms with E-state index in [1.807, 2.05) is 31.8 Å².